The molecule has 1 N–H and O–H groups in total. The quantitative estimate of drug-likeness (QED) is 0.824. The second-order valence-corrected chi connectivity index (χ2v) is 3.58. The van der Waals surface area contributed by atoms with Gasteiger partial charge in [-0.25, -0.2) is 0 Å². The van der Waals surface area contributed by atoms with Gasteiger partial charge in [0.25, 0.3) is 0 Å². The highest BCUT2D eigenvalue weighted by Crippen LogP contribution is 2.20. The van der Waals surface area contributed by atoms with Crippen LogP contribution in [0.4, 0.5) is 5.69 Å². The number of rotatable bonds is 3. The van der Waals surface area contributed by atoms with Crippen molar-refractivity contribution in [2.24, 2.45) is 0 Å². The van der Waals surface area contributed by atoms with Gasteiger partial charge in [-0.05, 0) is 34.5 Å². The number of nitrogens with one attached hydrogen (secondary N) is 1. The van der Waals surface area contributed by atoms with Gasteiger partial charge in [0.2, 0.25) is 0 Å². The van der Waals surface area contributed by atoms with Crippen LogP contribution in [-0.4, -0.2) is 14.2 Å². The summed E-state index contributed by atoms with van der Waals surface area (Å²) in [5.74, 6) is 0. The van der Waals surface area contributed by atoms with Crippen molar-refractivity contribution in [3.05, 3.63) is 42.0 Å². The Bertz CT molecular complexity index is 465. The zero-order valence-corrected chi connectivity index (χ0v) is 9.08. The van der Waals surface area contributed by atoms with Crippen molar-refractivity contribution in [3.63, 3.8) is 0 Å². The van der Waals surface area contributed by atoms with Gasteiger partial charge in [0.05, 0.1) is 6.61 Å². The summed E-state index contributed by atoms with van der Waals surface area (Å²) < 4.78 is 5.11. The molecule has 0 saturated heterocycles. The topological polar surface area (TPSA) is 21.3 Å². The lowest BCUT2D eigenvalue weighted by Crippen LogP contribution is -1.89. The number of anilines is 1. The van der Waals surface area contributed by atoms with E-state index in [1.807, 2.05) is 7.05 Å². The Labute approximate surface area is 89.9 Å². The second-order valence-electron chi connectivity index (χ2n) is 3.58. The maximum absolute atomic E-state index is 5.11. The maximum atomic E-state index is 5.11. The Morgan fingerprint density at radius 3 is 2.53 bits per heavy atom. The van der Waals surface area contributed by atoms with Crippen molar-refractivity contribution in [2.45, 2.75) is 6.61 Å². The van der Waals surface area contributed by atoms with Gasteiger partial charge in [-0.2, -0.15) is 0 Å². The molecule has 0 spiro atoms. The van der Waals surface area contributed by atoms with E-state index in [0.717, 1.165) is 5.69 Å². The summed E-state index contributed by atoms with van der Waals surface area (Å²) in [4.78, 5) is 0. The highest BCUT2D eigenvalue weighted by Gasteiger charge is 1.97. The number of ether oxygens (including phenoxy) is 1. The molecular weight excluding hydrogens is 186 g/mol. The van der Waals surface area contributed by atoms with Crippen LogP contribution < -0.4 is 5.32 Å². The minimum Gasteiger partial charge on any atom is -0.388 e. The molecule has 0 saturated carbocycles. The van der Waals surface area contributed by atoms with Crippen LogP contribution in [-0.2, 0) is 11.3 Å². The smallest absolute Gasteiger partial charge is 0.0713 e. The number of hydrogen-bond acceptors (Lipinski definition) is 2. The fourth-order valence-electron chi connectivity index (χ4n) is 1.71. The highest BCUT2D eigenvalue weighted by molar-refractivity contribution is 5.86. The van der Waals surface area contributed by atoms with E-state index in [9.17, 15) is 0 Å². The molecule has 0 aliphatic carbocycles. The Morgan fingerprint density at radius 1 is 1.07 bits per heavy atom. The molecule has 0 fully saturated rings. The van der Waals surface area contributed by atoms with Crippen molar-refractivity contribution >= 4 is 16.5 Å². The van der Waals surface area contributed by atoms with Crippen molar-refractivity contribution in [2.75, 3.05) is 19.5 Å². The maximum Gasteiger partial charge on any atom is 0.0713 e. The highest BCUT2D eigenvalue weighted by atomic mass is 16.5. The van der Waals surface area contributed by atoms with E-state index in [-0.39, 0.29) is 0 Å². The summed E-state index contributed by atoms with van der Waals surface area (Å²) >= 11 is 0. The van der Waals surface area contributed by atoms with Crippen LogP contribution >= 0.6 is 0 Å². The molecule has 0 atom stereocenters. The number of fused-ring (bicyclic) bond motifs is 1. The van der Waals surface area contributed by atoms with Crippen molar-refractivity contribution in [1.29, 1.82) is 0 Å². The molecule has 2 rings (SSSR count). The second kappa shape index (κ2) is 4.32. The Balaban J connectivity index is 2.45. The van der Waals surface area contributed by atoms with Gasteiger partial charge < -0.3 is 10.1 Å². The zero-order chi connectivity index (χ0) is 10.7. The van der Waals surface area contributed by atoms with E-state index in [1.54, 1.807) is 7.11 Å². The molecule has 2 nitrogen and oxygen atoms in total. The van der Waals surface area contributed by atoms with E-state index < -0.39 is 0 Å². The standard InChI is InChI=1S/C13H15NO/c1-14-13-6-5-11-7-10(9-15-2)3-4-12(11)8-13/h3-8,14H,9H2,1-2H3. The Morgan fingerprint density at radius 2 is 1.80 bits per heavy atom. The molecule has 0 heterocycles. The number of methoxy groups -OCH3 is 1. The predicted molar refractivity (Wildman–Crippen MR) is 64.2 cm³/mol. The fraction of sp³-hybridized carbons (Fsp3) is 0.231. The van der Waals surface area contributed by atoms with Crippen LogP contribution in [0.1, 0.15) is 5.56 Å². The van der Waals surface area contributed by atoms with Crippen LogP contribution in [0, 0.1) is 0 Å². The number of benzene rings is 2. The van der Waals surface area contributed by atoms with E-state index in [0.29, 0.717) is 6.61 Å². The summed E-state index contributed by atoms with van der Waals surface area (Å²) in [5.41, 5.74) is 2.35. The first-order valence-electron chi connectivity index (χ1n) is 5.03. The number of hydrogen-bond donors (Lipinski definition) is 1. The van der Waals surface area contributed by atoms with Crippen LogP contribution in [0.2, 0.25) is 0 Å². The lowest BCUT2D eigenvalue weighted by atomic mass is 10.1. The molecule has 0 bridgehead atoms. The third-order valence-corrected chi connectivity index (χ3v) is 2.50. The van der Waals surface area contributed by atoms with Gasteiger partial charge in [-0.1, -0.05) is 18.2 Å². The normalized spacial score (nSPS) is 10.5. The monoisotopic (exact) mass is 201 g/mol. The molecule has 2 aromatic carbocycles. The Kier molecular flexibility index (Phi) is 2.88. The SMILES string of the molecule is CNc1ccc2cc(COC)ccc2c1. The van der Waals surface area contributed by atoms with Gasteiger partial charge in [-0.3, -0.25) is 0 Å². The summed E-state index contributed by atoms with van der Waals surface area (Å²) in [7, 11) is 3.65. The first kappa shape index (κ1) is 9.99. The minimum atomic E-state index is 0.670. The largest absolute Gasteiger partial charge is 0.388 e. The summed E-state index contributed by atoms with van der Waals surface area (Å²) in [5, 5.41) is 5.64. The third-order valence-electron chi connectivity index (χ3n) is 2.50. The third kappa shape index (κ3) is 2.10. The van der Waals surface area contributed by atoms with Crippen LogP contribution in [0.25, 0.3) is 10.8 Å². The zero-order valence-electron chi connectivity index (χ0n) is 9.08. The first-order valence-corrected chi connectivity index (χ1v) is 5.03. The van der Waals surface area contributed by atoms with E-state index in [2.05, 4.69) is 41.7 Å². The summed E-state index contributed by atoms with van der Waals surface area (Å²) in [6.45, 7) is 0.670. The lowest BCUT2D eigenvalue weighted by molar-refractivity contribution is 0.185. The van der Waals surface area contributed by atoms with Gasteiger partial charge >= 0.3 is 0 Å². The molecule has 0 aromatic heterocycles. The summed E-state index contributed by atoms with van der Waals surface area (Å²) in [6, 6.07) is 12.7. The molecule has 0 radical (unpaired) electrons. The van der Waals surface area contributed by atoms with Crippen LogP contribution in [0.3, 0.4) is 0 Å². The molecule has 2 heteroatoms. The van der Waals surface area contributed by atoms with Crippen LogP contribution in [0.15, 0.2) is 36.4 Å². The average molecular weight is 201 g/mol. The molecule has 78 valence electrons. The van der Waals surface area contributed by atoms with Crippen molar-refractivity contribution in [3.8, 4) is 0 Å². The van der Waals surface area contributed by atoms with E-state index in [4.69, 9.17) is 4.74 Å². The molecule has 0 aliphatic rings. The van der Waals surface area contributed by atoms with Gasteiger partial charge in [0.1, 0.15) is 0 Å². The van der Waals surface area contributed by atoms with Crippen LogP contribution in [0.5, 0.6) is 0 Å². The predicted octanol–water partition coefficient (Wildman–Crippen LogP) is 3.03. The van der Waals surface area contributed by atoms with Crippen molar-refractivity contribution in [1.82, 2.24) is 0 Å². The van der Waals surface area contributed by atoms with Crippen molar-refractivity contribution < 1.29 is 4.74 Å². The fourth-order valence-corrected chi connectivity index (χ4v) is 1.71. The first-order chi connectivity index (χ1) is 7.33. The lowest BCUT2D eigenvalue weighted by Gasteiger charge is -2.05. The Hall–Kier alpha value is -1.54. The average Bonchev–Trinajstić information content (AvgIpc) is 2.29. The van der Waals surface area contributed by atoms with E-state index >= 15 is 0 Å². The minimum absolute atomic E-state index is 0.670. The molecule has 0 unspecified atom stereocenters. The molecule has 2 aromatic rings. The molecule has 0 aliphatic heterocycles. The molecule has 0 amide bonds. The van der Waals surface area contributed by atoms with E-state index in [1.165, 1.54) is 16.3 Å². The van der Waals surface area contributed by atoms with Gasteiger partial charge in [0.15, 0.2) is 0 Å². The van der Waals surface area contributed by atoms with Gasteiger partial charge in [0, 0.05) is 19.8 Å². The summed E-state index contributed by atoms with van der Waals surface area (Å²) in [6.07, 6.45) is 0. The van der Waals surface area contributed by atoms with Gasteiger partial charge in [-0.15, -0.1) is 0 Å². The molecular formula is C13H15NO. The molecule has 15 heavy (non-hydrogen) atoms.